The molecular weight excluding hydrogens is 280 g/mol. The van der Waals surface area contributed by atoms with Crippen molar-refractivity contribution in [3.05, 3.63) is 26.4 Å². The molecule has 0 radical (unpaired) electrons. The van der Waals surface area contributed by atoms with Crippen molar-refractivity contribution in [1.82, 2.24) is 14.8 Å². The summed E-state index contributed by atoms with van der Waals surface area (Å²) in [5, 5.41) is 7.20. The molecule has 0 bridgehead atoms. The number of nitrogens with one attached hydrogen (secondary N) is 2. The van der Waals surface area contributed by atoms with Crippen molar-refractivity contribution in [2.24, 2.45) is 7.05 Å². The highest BCUT2D eigenvalue weighted by molar-refractivity contribution is 7.73. The molecule has 0 atom stereocenters. The van der Waals surface area contributed by atoms with Crippen molar-refractivity contribution >= 4 is 35.1 Å². The molecule has 0 spiro atoms. The predicted molar refractivity (Wildman–Crippen MR) is 79.2 cm³/mol. The zero-order valence-corrected chi connectivity index (χ0v) is 12.7. The Balaban J connectivity index is 2.09. The van der Waals surface area contributed by atoms with Crippen molar-refractivity contribution in [3.63, 3.8) is 0 Å². The molecule has 0 aromatic carbocycles. The van der Waals surface area contributed by atoms with Gasteiger partial charge in [0, 0.05) is 23.8 Å². The summed E-state index contributed by atoms with van der Waals surface area (Å²) in [5.74, 6) is -0.0453. The largest absolute Gasteiger partial charge is 0.341 e. The van der Waals surface area contributed by atoms with Crippen LogP contribution < -0.4 is 5.32 Å². The molecule has 19 heavy (non-hydrogen) atoms. The van der Waals surface area contributed by atoms with E-state index in [9.17, 15) is 4.79 Å². The van der Waals surface area contributed by atoms with E-state index in [1.165, 1.54) is 11.3 Å². The first-order chi connectivity index (χ1) is 8.99. The fraction of sp³-hybridized carbons (Fsp3) is 0.417. The lowest BCUT2D eigenvalue weighted by Crippen LogP contribution is -2.14. The number of aromatic amines is 1. The van der Waals surface area contributed by atoms with Gasteiger partial charge in [0.25, 0.3) is 0 Å². The van der Waals surface area contributed by atoms with E-state index < -0.39 is 0 Å². The van der Waals surface area contributed by atoms with E-state index in [0.717, 1.165) is 28.4 Å². The van der Waals surface area contributed by atoms with Gasteiger partial charge in [0.1, 0.15) is 0 Å². The van der Waals surface area contributed by atoms with Gasteiger partial charge in [-0.2, -0.15) is 5.10 Å². The molecule has 2 rings (SSSR count). The summed E-state index contributed by atoms with van der Waals surface area (Å²) in [7, 11) is 1.84. The van der Waals surface area contributed by atoms with E-state index in [4.69, 9.17) is 12.2 Å². The fourth-order valence-corrected chi connectivity index (χ4v) is 3.14. The van der Waals surface area contributed by atoms with Gasteiger partial charge in [0.05, 0.1) is 17.8 Å². The average Bonchev–Trinajstić information content (AvgIpc) is 2.82. The van der Waals surface area contributed by atoms with Crippen LogP contribution in [0.5, 0.6) is 0 Å². The number of anilines is 1. The molecule has 2 N–H and O–H groups in total. The maximum Gasteiger partial charge on any atom is 0.229 e. The van der Waals surface area contributed by atoms with E-state index >= 15 is 0 Å². The van der Waals surface area contributed by atoms with Crippen LogP contribution in [0.4, 0.5) is 5.69 Å². The second-order valence-electron chi connectivity index (χ2n) is 4.30. The van der Waals surface area contributed by atoms with Crippen molar-refractivity contribution < 1.29 is 4.79 Å². The molecule has 2 aromatic rings. The second kappa shape index (κ2) is 5.66. The molecule has 0 aliphatic carbocycles. The standard InChI is InChI=1S/C12H16N4OS2/c1-4-8-9(6-16(3)15-8)14-11(17)5-10-7(2)13-12(18)19-10/h6H,4-5H2,1-3H3,(H,13,18)(H,14,17). The number of carbonyl (C=O) groups excluding carboxylic acids is 1. The number of thiazole rings is 1. The molecule has 0 aliphatic rings. The Kier molecular flexibility index (Phi) is 4.16. The van der Waals surface area contributed by atoms with Crippen molar-refractivity contribution in [2.75, 3.05) is 5.32 Å². The topological polar surface area (TPSA) is 62.7 Å². The van der Waals surface area contributed by atoms with Gasteiger partial charge in [0.2, 0.25) is 5.91 Å². The molecule has 5 nitrogen and oxygen atoms in total. The third kappa shape index (κ3) is 3.30. The minimum atomic E-state index is -0.0453. The van der Waals surface area contributed by atoms with Gasteiger partial charge in [-0.05, 0) is 25.6 Å². The number of carbonyl (C=O) groups is 1. The molecule has 0 saturated heterocycles. The van der Waals surface area contributed by atoms with Crippen LogP contribution in [0.25, 0.3) is 0 Å². The van der Waals surface area contributed by atoms with E-state index in [0.29, 0.717) is 10.4 Å². The smallest absolute Gasteiger partial charge is 0.229 e. The number of hydrogen-bond donors (Lipinski definition) is 2. The van der Waals surface area contributed by atoms with Gasteiger partial charge in [-0.15, -0.1) is 11.3 Å². The monoisotopic (exact) mass is 296 g/mol. The van der Waals surface area contributed by atoms with Crippen LogP contribution in [-0.4, -0.2) is 20.7 Å². The first kappa shape index (κ1) is 14.0. The van der Waals surface area contributed by atoms with Crippen LogP contribution in [0.3, 0.4) is 0 Å². The average molecular weight is 296 g/mol. The minimum Gasteiger partial charge on any atom is -0.341 e. The lowest BCUT2D eigenvalue weighted by atomic mass is 10.2. The first-order valence-electron chi connectivity index (χ1n) is 6.00. The highest BCUT2D eigenvalue weighted by Crippen LogP contribution is 2.17. The van der Waals surface area contributed by atoms with E-state index in [1.54, 1.807) is 4.68 Å². The highest BCUT2D eigenvalue weighted by atomic mass is 32.1. The number of rotatable bonds is 4. The predicted octanol–water partition coefficient (Wildman–Crippen LogP) is 2.59. The molecule has 1 amide bonds. The molecular formula is C12H16N4OS2. The van der Waals surface area contributed by atoms with E-state index in [1.807, 2.05) is 27.1 Å². The first-order valence-corrected chi connectivity index (χ1v) is 7.23. The summed E-state index contributed by atoms with van der Waals surface area (Å²) < 4.78 is 2.41. The van der Waals surface area contributed by atoms with Crippen LogP contribution in [0, 0.1) is 10.9 Å². The van der Waals surface area contributed by atoms with Crippen LogP contribution >= 0.6 is 23.6 Å². The van der Waals surface area contributed by atoms with Gasteiger partial charge in [-0.1, -0.05) is 6.92 Å². The zero-order valence-electron chi connectivity index (χ0n) is 11.1. The van der Waals surface area contributed by atoms with Crippen LogP contribution in [0.15, 0.2) is 6.20 Å². The number of amides is 1. The Bertz CT molecular complexity index is 653. The molecule has 2 heterocycles. The van der Waals surface area contributed by atoms with Crippen LogP contribution in [0.1, 0.15) is 23.2 Å². The van der Waals surface area contributed by atoms with Gasteiger partial charge in [-0.25, -0.2) is 0 Å². The third-order valence-corrected chi connectivity index (χ3v) is 4.10. The Morgan fingerprint density at radius 2 is 2.37 bits per heavy atom. The highest BCUT2D eigenvalue weighted by Gasteiger charge is 2.12. The molecule has 7 heteroatoms. The van der Waals surface area contributed by atoms with Crippen molar-refractivity contribution in [2.45, 2.75) is 26.7 Å². The van der Waals surface area contributed by atoms with Crippen LogP contribution in [0.2, 0.25) is 0 Å². The number of aromatic nitrogens is 3. The number of hydrogen-bond acceptors (Lipinski definition) is 4. The Labute approximate surface area is 120 Å². The fourth-order valence-electron chi connectivity index (χ4n) is 1.85. The number of aryl methyl sites for hydroxylation is 3. The van der Waals surface area contributed by atoms with Gasteiger partial charge < -0.3 is 10.3 Å². The molecule has 0 saturated carbocycles. The Morgan fingerprint density at radius 1 is 1.63 bits per heavy atom. The summed E-state index contributed by atoms with van der Waals surface area (Å²) in [4.78, 5) is 16.0. The zero-order chi connectivity index (χ0) is 14.0. The lowest BCUT2D eigenvalue weighted by Gasteiger charge is -2.03. The molecule has 2 aromatic heterocycles. The Morgan fingerprint density at radius 3 is 2.95 bits per heavy atom. The van der Waals surface area contributed by atoms with E-state index in [2.05, 4.69) is 15.4 Å². The molecule has 102 valence electrons. The van der Waals surface area contributed by atoms with Crippen LogP contribution in [-0.2, 0) is 24.7 Å². The van der Waals surface area contributed by atoms with E-state index in [-0.39, 0.29) is 5.91 Å². The van der Waals surface area contributed by atoms with Crippen molar-refractivity contribution in [3.8, 4) is 0 Å². The summed E-state index contributed by atoms with van der Waals surface area (Å²) in [6, 6.07) is 0. The lowest BCUT2D eigenvalue weighted by molar-refractivity contribution is -0.115. The quantitative estimate of drug-likeness (QED) is 0.852. The third-order valence-electron chi connectivity index (χ3n) is 2.76. The normalized spacial score (nSPS) is 10.7. The summed E-state index contributed by atoms with van der Waals surface area (Å²) in [6.07, 6.45) is 2.95. The summed E-state index contributed by atoms with van der Waals surface area (Å²) in [6.45, 7) is 3.94. The minimum absolute atomic E-state index is 0.0453. The Hall–Kier alpha value is -1.47. The maximum absolute atomic E-state index is 12.0. The second-order valence-corrected chi connectivity index (χ2v) is 6.08. The molecule has 0 unspecified atom stereocenters. The van der Waals surface area contributed by atoms with Gasteiger partial charge in [-0.3, -0.25) is 9.48 Å². The van der Waals surface area contributed by atoms with Gasteiger partial charge >= 0.3 is 0 Å². The maximum atomic E-state index is 12.0. The number of H-pyrrole nitrogens is 1. The summed E-state index contributed by atoms with van der Waals surface area (Å²) >= 11 is 6.51. The molecule has 0 fully saturated rings. The summed E-state index contributed by atoms with van der Waals surface area (Å²) in [5.41, 5.74) is 2.65. The van der Waals surface area contributed by atoms with Crippen molar-refractivity contribution in [1.29, 1.82) is 0 Å². The molecule has 0 aliphatic heterocycles. The SMILES string of the molecule is CCc1nn(C)cc1NC(=O)Cc1sc(=S)[nH]c1C. The number of nitrogens with zero attached hydrogens (tertiary/aromatic N) is 2. The van der Waals surface area contributed by atoms with Gasteiger partial charge in [0.15, 0.2) is 3.95 Å².